The van der Waals surface area contributed by atoms with E-state index in [2.05, 4.69) is 20.3 Å². The zero-order chi connectivity index (χ0) is 20.8. The molecule has 0 spiro atoms. The molecule has 0 unspecified atom stereocenters. The Morgan fingerprint density at radius 3 is 2.69 bits per heavy atom. The number of fused-ring (bicyclic) bond motifs is 1. The van der Waals surface area contributed by atoms with Crippen molar-refractivity contribution in [1.82, 2.24) is 9.97 Å². The maximum absolute atomic E-state index is 12.9. The Labute approximate surface area is 174 Å². The molecule has 3 heterocycles. The van der Waals surface area contributed by atoms with E-state index in [1.807, 2.05) is 0 Å². The lowest BCUT2D eigenvalue weighted by Gasteiger charge is -2.06. The number of rotatable bonds is 3. The first-order valence-electron chi connectivity index (χ1n) is 7.94. The van der Waals surface area contributed by atoms with Crippen molar-refractivity contribution < 1.29 is 22.9 Å². The van der Waals surface area contributed by atoms with Gasteiger partial charge in [0.2, 0.25) is 0 Å². The van der Waals surface area contributed by atoms with Gasteiger partial charge in [-0.2, -0.15) is 13.2 Å². The fourth-order valence-corrected chi connectivity index (χ4v) is 4.62. The molecule has 0 saturated carbocycles. The predicted molar refractivity (Wildman–Crippen MR) is 106 cm³/mol. The van der Waals surface area contributed by atoms with Crippen molar-refractivity contribution in [2.45, 2.75) is 6.18 Å². The second-order valence-electron chi connectivity index (χ2n) is 5.80. The molecule has 1 amide bonds. The number of nitrogens with zero attached hydrogens (tertiary/aromatic N) is 2. The van der Waals surface area contributed by atoms with Crippen LogP contribution < -0.4 is 16.0 Å². The number of amides is 1. The van der Waals surface area contributed by atoms with E-state index in [9.17, 15) is 18.0 Å². The Morgan fingerprint density at radius 1 is 1.17 bits per heavy atom. The average molecular weight is 457 g/mol. The van der Waals surface area contributed by atoms with Gasteiger partial charge in [-0.1, -0.05) is 27.9 Å². The van der Waals surface area contributed by atoms with Crippen LogP contribution in [-0.2, 0) is 6.18 Å². The van der Waals surface area contributed by atoms with E-state index in [1.165, 1.54) is 11.3 Å². The molecule has 0 aliphatic carbocycles. The van der Waals surface area contributed by atoms with Crippen LogP contribution in [0.25, 0.3) is 20.8 Å². The van der Waals surface area contributed by atoms with E-state index >= 15 is 0 Å². The van der Waals surface area contributed by atoms with Gasteiger partial charge in [-0.3, -0.25) is 15.8 Å². The number of nitrogen functional groups attached to an aromatic ring is 1. The van der Waals surface area contributed by atoms with Crippen LogP contribution in [0.15, 0.2) is 36.5 Å². The number of anilines is 2. The number of nitrogens with one attached hydrogen (secondary N) is 2. The Hall–Kier alpha value is -2.76. The third-order valence-electron chi connectivity index (χ3n) is 3.79. The molecule has 29 heavy (non-hydrogen) atoms. The summed E-state index contributed by atoms with van der Waals surface area (Å²) in [5.41, 5.74) is 5.56. The third kappa shape index (κ3) is 4.02. The number of halogens is 4. The number of hydrogen-bond donors (Lipinski definition) is 2. The summed E-state index contributed by atoms with van der Waals surface area (Å²) in [5.74, 6) is -0.200. The highest BCUT2D eigenvalue weighted by atomic mass is 35.5. The molecule has 0 fully saturated rings. The first kappa shape index (κ1) is 19.6. The zero-order valence-corrected chi connectivity index (χ0v) is 16.6. The number of nitrogens with two attached hydrogens (primary N) is 1. The fraction of sp³-hybridized carbons (Fsp3) is 0.0588. The van der Waals surface area contributed by atoms with Crippen LogP contribution in [-0.4, -0.2) is 15.9 Å². The normalized spacial score (nSPS) is 11.7. The molecule has 0 bridgehead atoms. The Kier molecular flexibility index (Phi) is 4.89. The number of carbonyl (C=O) groups is 1. The molecule has 1 aromatic carbocycles. The molecule has 4 rings (SSSR count). The van der Waals surface area contributed by atoms with E-state index in [0.29, 0.717) is 10.6 Å². The lowest BCUT2D eigenvalue weighted by Crippen LogP contribution is -2.11. The molecular formula is C17H10ClF3N5OS2+. The quantitative estimate of drug-likeness (QED) is 0.465. The minimum Gasteiger partial charge on any atom is -0.297 e. The number of thiazole rings is 1. The average Bonchev–Trinajstić information content (AvgIpc) is 3.28. The van der Waals surface area contributed by atoms with Crippen LogP contribution >= 0.6 is 34.3 Å². The van der Waals surface area contributed by atoms with Crippen molar-refractivity contribution in [3.8, 4) is 10.6 Å². The van der Waals surface area contributed by atoms with Crippen LogP contribution in [0, 0.1) is 0 Å². The molecule has 0 aliphatic rings. The first-order valence-corrected chi connectivity index (χ1v) is 9.95. The van der Waals surface area contributed by atoms with Crippen molar-refractivity contribution in [2.24, 2.45) is 0 Å². The Morgan fingerprint density at radius 2 is 1.97 bits per heavy atom. The second-order valence-corrected chi connectivity index (χ2v) is 8.32. The maximum atomic E-state index is 12.9. The van der Waals surface area contributed by atoms with Crippen LogP contribution in [0.2, 0.25) is 5.02 Å². The molecule has 4 N–H and O–H groups in total. The molecule has 148 valence electrons. The number of benzene rings is 1. The summed E-state index contributed by atoms with van der Waals surface area (Å²) in [6.45, 7) is 0. The minimum absolute atomic E-state index is 0.130. The van der Waals surface area contributed by atoms with Crippen molar-refractivity contribution in [2.75, 3.05) is 11.1 Å². The molecule has 12 heteroatoms. The van der Waals surface area contributed by atoms with E-state index in [0.717, 1.165) is 28.3 Å². The number of aromatic amines is 1. The van der Waals surface area contributed by atoms with E-state index in [4.69, 9.17) is 17.3 Å². The molecule has 6 nitrogen and oxygen atoms in total. The predicted octanol–water partition coefficient (Wildman–Crippen LogP) is 4.74. The van der Waals surface area contributed by atoms with E-state index in [1.54, 1.807) is 24.4 Å². The number of H-pyrrole nitrogens is 1. The molecule has 0 aliphatic heterocycles. The Bertz CT molecular complexity index is 1240. The monoisotopic (exact) mass is 456 g/mol. The van der Waals surface area contributed by atoms with Crippen molar-refractivity contribution in [1.29, 1.82) is 0 Å². The van der Waals surface area contributed by atoms with E-state index < -0.39 is 17.6 Å². The zero-order valence-electron chi connectivity index (χ0n) is 14.2. The fourth-order valence-electron chi connectivity index (χ4n) is 2.50. The highest BCUT2D eigenvalue weighted by Gasteiger charge is 2.32. The SMILES string of the molecule is Nc1nc(-c2ccc(C(=O)Nc3nc4c(Cl)cc(C(F)(F)F)cc4s3)s2)cc[nH+]1. The van der Waals surface area contributed by atoms with Gasteiger partial charge in [-0.15, -0.1) is 11.3 Å². The highest BCUT2D eigenvalue weighted by molar-refractivity contribution is 7.22. The molecular weight excluding hydrogens is 447 g/mol. The summed E-state index contributed by atoms with van der Waals surface area (Å²) in [4.78, 5) is 24.7. The highest BCUT2D eigenvalue weighted by Crippen LogP contribution is 2.38. The van der Waals surface area contributed by atoms with Crippen LogP contribution in [0.1, 0.15) is 15.2 Å². The molecule has 0 atom stereocenters. The van der Waals surface area contributed by atoms with Crippen molar-refractivity contribution in [3.63, 3.8) is 0 Å². The standard InChI is InChI=1S/C17H9ClF3N5OS2/c18-8-5-7(17(19,20)21)6-12-13(8)25-16(29-12)26-14(27)11-2-1-10(28-11)9-3-4-23-15(22)24-9/h1-6H,(H2,22,23,24)(H,25,26,27)/p+1. The minimum atomic E-state index is -4.52. The van der Waals surface area contributed by atoms with Gasteiger partial charge in [-0.25, -0.2) is 9.97 Å². The maximum Gasteiger partial charge on any atom is 0.416 e. The van der Waals surface area contributed by atoms with Crippen molar-refractivity contribution in [3.05, 3.63) is 52.0 Å². The topological polar surface area (TPSA) is 95.0 Å². The first-order chi connectivity index (χ1) is 13.7. The smallest absolute Gasteiger partial charge is 0.297 e. The Balaban J connectivity index is 1.59. The van der Waals surface area contributed by atoms with Gasteiger partial charge >= 0.3 is 12.1 Å². The number of hydrogen-bond acceptors (Lipinski definition) is 6. The number of aromatic nitrogens is 3. The van der Waals surface area contributed by atoms with Gasteiger partial charge in [-0.05, 0) is 24.3 Å². The van der Waals surface area contributed by atoms with Crippen molar-refractivity contribution >= 4 is 61.5 Å². The largest absolute Gasteiger partial charge is 0.416 e. The van der Waals surface area contributed by atoms with E-state index in [-0.39, 0.29) is 26.3 Å². The van der Waals surface area contributed by atoms with Gasteiger partial charge in [0.15, 0.2) is 10.8 Å². The van der Waals surface area contributed by atoms with Gasteiger partial charge in [0.25, 0.3) is 5.91 Å². The van der Waals surface area contributed by atoms with Gasteiger partial charge < -0.3 is 0 Å². The summed E-state index contributed by atoms with van der Waals surface area (Å²) in [7, 11) is 0. The lowest BCUT2D eigenvalue weighted by molar-refractivity contribution is -0.364. The number of thiophene rings is 1. The molecule has 4 aromatic rings. The molecule has 3 aromatic heterocycles. The summed E-state index contributed by atoms with van der Waals surface area (Å²) in [6, 6.07) is 6.84. The van der Waals surface area contributed by atoms with Gasteiger partial charge in [0.05, 0.1) is 31.2 Å². The molecule has 0 saturated heterocycles. The molecule has 0 radical (unpaired) electrons. The second kappa shape index (κ2) is 7.25. The lowest BCUT2D eigenvalue weighted by atomic mass is 10.2. The van der Waals surface area contributed by atoms with Crippen LogP contribution in [0.4, 0.5) is 24.3 Å². The van der Waals surface area contributed by atoms with Gasteiger partial charge in [0.1, 0.15) is 5.52 Å². The summed E-state index contributed by atoms with van der Waals surface area (Å²) >= 11 is 8.04. The number of carbonyl (C=O) groups excluding carboxylic acids is 1. The summed E-state index contributed by atoms with van der Waals surface area (Å²) in [5, 5.41) is 2.62. The summed E-state index contributed by atoms with van der Waals surface area (Å²) in [6.07, 6.45) is -2.89. The summed E-state index contributed by atoms with van der Waals surface area (Å²) < 4.78 is 39.1. The van der Waals surface area contributed by atoms with Gasteiger partial charge in [0, 0.05) is 6.07 Å². The number of alkyl halides is 3. The third-order valence-corrected chi connectivity index (χ3v) is 6.10. The van der Waals surface area contributed by atoms with Crippen LogP contribution in [0.3, 0.4) is 0 Å². The van der Waals surface area contributed by atoms with Crippen LogP contribution in [0.5, 0.6) is 0 Å².